The molecule has 0 atom stereocenters. The number of nitrogens with one attached hydrogen (secondary N) is 2. The topological polar surface area (TPSA) is 67.4 Å². The fourth-order valence-corrected chi connectivity index (χ4v) is 2.46. The van der Waals surface area contributed by atoms with E-state index in [4.69, 9.17) is 4.74 Å². The van der Waals surface area contributed by atoms with Gasteiger partial charge in [0.2, 0.25) is 0 Å². The summed E-state index contributed by atoms with van der Waals surface area (Å²) in [5, 5.41) is 5.50. The zero-order chi connectivity index (χ0) is 14.8. The fourth-order valence-electron chi connectivity index (χ4n) is 2.00. The number of hydrogen-bond donors (Lipinski definition) is 2. The van der Waals surface area contributed by atoms with Crippen molar-refractivity contribution in [2.75, 3.05) is 17.2 Å². The molecule has 0 spiro atoms. The second-order valence-electron chi connectivity index (χ2n) is 4.48. The van der Waals surface area contributed by atoms with Crippen LogP contribution < -0.4 is 15.4 Å². The van der Waals surface area contributed by atoms with Gasteiger partial charge in [-0.25, -0.2) is 0 Å². The number of benzene rings is 2. The summed E-state index contributed by atoms with van der Waals surface area (Å²) in [7, 11) is 0. The molecular formula is C15H11BrN2O3. The molecule has 106 valence electrons. The standard InChI is InChI=1S/C15H11BrN2O3/c16-11-4-2-1-3-10(11)15(20)17-9-5-6-12-13(7-9)21-8-14(19)18-12/h1-7H,8H2,(H,17,20)(H,18,19). The minimum absolute atomic E-state index is 0.0192. The van der Waals surface area contributed by atoms with Gasteiger partial charge in [0, 0.05) is 16.2 Å². The van der Waals surface area contributed by atoms with Crippen LogP contribution in [0.2, 0.25) is 0 Å². The third kappa shape index (κ3) is 2.90. The Morgan fingerprint density at radius 1 is 1.24 bits per heavy atom. The van der Waals surface area contributed by atoms with Crippen molar-refractivity contribution in [1.29, 1.82) is 0 Å². The van der Waals surface area contributed by atoms with E-state index in [0.29, 0.717) is 22.7 Å². The Morgan fingerprint density at radius 3 is 2.86 bits per heavy atom. The van der Waals surface area contributed by atoms with Crippen molar-refractivity contribution in [3.8, 4) is 5.75 Å². The van der Waals surface area contributed by atoms with E-state index in [2.05, 4.69) is 26.6 Å². The smallest absolute Gasteiger partial charge is 0.262 e. The third-order valence-electron chi connectivity index (χ3n) is 2.99. The Hall–Kier alpha value is -2.34. The van der Waals surface area contributed by atoms with Gasteiger partial charge in [0.15, 0.2) is 6.61 Å². The maximum absolute atomic E-state index is 12.2. The summed E-state index contributed by atoms with van der Waals surface area (Å²) in [6.45, 7) is -0.0192. The molecule has 0 fully saturated rings. The number of carbonyl (C=O) groups excluding carboxylic acids is 2. The molecule has 1 aliphatic heterocycles. The summed E-state index contributed by atoms with van der Waals surface area (Å²) in [4.78, 5) is 23.4. The van der Waals surface area contributed by atoms with Gasteiger partial charge in [-0.15, -0.1) is 0 Å². The first-order valence-corrected chi connectivity index (χ1v) is 7.05. The lowest BCUT2D eigenvalue weighted by atomic mass is 10.2. The van der Waals surface area contributed by atoms with Crippen LogP contribution in [0.4, 0.5) is 11.4 Å². The maximum Gasteiger partial charge on any atom is 0.262 e. The van der Waals surface area contributed by atoms with Crippen LogP contribution in [0, 0.1) is 0 Å². The maximum atomic E-state index is 12.2. The zero-order valence-corrected chi connectivity index (χ0v) is 12.4. The van der Waals surface area contributed by atoms with Crippen LogP contribution >= 0.6 is 15.9 Å². The van der Waals surface area contributed by atoms with E-state index in [9.17, 15) is 9.59 Å². The molecule has 2 N–H and O–H groups in total. The predicted octanol–water partition coefficient (Wildman–Crippen LogP) is 3.03. The molecule has 1 aliphatic rings. The zero-order valence-electron chi connectivity index (χ0n) is 10.9. The summed E-state index contributed by atoms with van der Waals surface area (Å²) >= 11 is 3.34. The average Bonchev–Trinajstić information content (AvgIpc) is 2.48. The molecule has 0 aliphatic carbocycles. The first-order valence-electron chi connectivity index (χ1n) is 6.26. The first kappa shape index (κ1) is 13.6. The van der Waals surface area contributed by atoms with Crippen LogP contribution in [-0.2, 0) is 4.79 Å². The van der Waals surface area contributed by atoms with Crippen molar-refractivity contribution >= 4 is 39.1 Å². The molecule has 5 nitrogen and oxygen atoms in total. The van der Waals surface area contributed by atoms with Gasteiger partial charge in [-0.1, -0.05) is 12.1 Å². The minimum Gasteiger partial charge on any atom is -0.482 e. The summed E-state index contributed by atoms with van der Waals surface area (Å²) in [5.74, 6) is 0.134. The molecule has 0 bridgehead atoms. The quantitative estimate of drug-likeness (QED) is 0.878. The number of fused-ring (bicyclic) bond motifs is 1. The van der Waals surface area contributed by atoms with Crippen molar-refractivity contribution in [1.82, 2.24) is 0 Å². The van der Waals surface area contributed by atoms with E-state index < -0.39 is 0 Å². The van der Waals surface area contributed by atoms with Crippen LogP contribution in [-0.4, -0.2) is 18.4 Å². The lowest BCUT2D eigenvalue weighted by Gasteiger charge is -2.18. The van der Waals surface area contributed by atoms with Gasteiger partial charge in [0.1, 0.15) is 5.75 Å². The second-order valence-corrected chi connectivity index (χ2v) is 5.34. The van der Waals surface area contributed by atoms with E-state index in [0.717, 1.165) is 4.47 Å². The van der Waals surface area contributed by atoms with Crippen LogP contribution in [0.3, 0.4) is 0 Å². The summed E-state index contributed by atoms with van der Waals surface area (Å²) in [6, 6.07) is 12.3. The number of anilines is 2. The van der Waals surface area contributed by atoms with Gasteiger partial charge >= 0.3 is 0 Å². The van der Waals surface area contributed by atoms with Crippen LogP contribution in [0.5, 0.6) is 5.75 Å². The van der Waals surface area contributed by atoms with Crippen molar-refractivity contribution in [2.24, 2.45) is 0 Å². The summed E-state index contributed by atoms with van der Waals surface area (Å²) in [6.07, 6.45) is 0. The highest BCUT2D eigenvalue weighted by molar-refractivity contribution is 9.10. The lowest BCUT2D eigenvalue weighted by Crippen LogP contribution is -2.25. The molecule has 0 aromatic heterocycles. The highest BCUT2D eigenvalue weighted by Gasteiger charge is 2.17. The van der Waals surface area contributed by atoms with Gasteiger partial charge in [0.05, 0.1) is 11.3 Å². The highest BCUT2D eigenvalue weighted by Crippen LogP contribution is 2.30. The normalized spacial score (nSPS) is 12.9. The molecule has 0 saturated carbocycles. The van der Waals surface area contributed by atoms with E-state index in [1.807, 2.05) is 6.07 Å². The van der Waals surface area contributed by atoms with Gasteiger partial charge < -0.3 is 15.4 Å². The van der Waals surface area contributed by atoms with E-state index in [1.165, 1.54) is 0 Å². The number of hydrogen-bond acceptors (Lipinski definition) is 3. The van der Waals surface area contributed by atoms with Crippen LogP contribution in [0.25, 0.3) is 0 Å². The van der Waals surface area contributed by atoms with E-state index in [-0.39, 0.29) is 18.4 Å². The number of ether oxygens (including phenoxy) is 1. The van der Waals surface area contributed by atoms with E-state index >= 15 is 0 Å². The molecule has 0 radical (unpaired) electrons. The molecule has 2 aromatic rings. The third-order valence-corrected chi connectivity index (χ3v) is 3.68. The molecule has 0 unspecified atom stereocenters. The molecule has 2 aromatic carbocycles. The van der Waals surface area contributed by atoms with Crippen molar-refractivity contribution in [3.05, 3.63) is 52.5 Å². The molecule has 0 saturated heterocycles. The molecule has 6 heteroatoms. The minimum atomic E-state index is -0.220. The Kier molecular flexibility index (Phi) is 3.62. The molecule has 2 amide bonds. The monoisotopic (exact) mass is 346 g/mol. The number of amides is 2. The van der Waals surface area contributed by atoms with E-state index in [1.54, 1.807) is 36.4 Å². The van der Waals surface area contributed by atoms with Gasteiger partial charge in [-0.05, 0) is 40.2 Å². The lowest BCUT2D eigenvalue weighted by molar-refractivity contribution is -0.118. The van der Waals surface area contributed by atoms with Gasteiger partial charge in [-0.3, -0.25) is 9.59 Å². The summed E-state index contributed by atoms with van der Waals surface area (Å²) < 4.78 is 6.04. The fraction of sp³-hybridized carbons (Fsp3) is 0.0667. The molecule has 3 rings (SSSR count). The first-order chi connectivity index (χ1) is 10.1. The van der Waals surface area contributed by atoms with Crippen LogP contribution in [0.15, 0.2) is 46.9 Å². The molecule has 1 heterocycles. The van der Waals surface area contributed by atoms with Crippen LogP contribution in [0.1, 0.15) is 10.4 Å². The Balaban J connectivity index is 1.81. The van der Waals surface area contributed by atoms with Crippen molar-refractivity contribution in [2.45, 2.75) is 0 Å². The Morgan fingerprint density at radius 2 is 2.05 bits per heavy atom. The highest BCUT2D eigenvalue weighted by atomic mass is 79.9. The Labute approximate surface area is 129 Å². The number of rotatable bonds is 2. The predicted molar refractivity (Wildman–Crippen MR) is 82.7 cm³/mol. The van der Waals surface area contributed by atoms with Gasteiger partial charge in [-0.2, -0.15) is 0 Å². The van der Waals surface area contributed by atoms with Crippen molar-refractivity contribution in [3.63, 3.8) is 0 Å². The Bertz CT molecular complexity index is 731. The molecular weight excluding hydrogens is 336 g/mol. The SMILES string of the molecule is O=C1COc2cc(NC(=O)c3ccccc3Br)ccc2N1. The summed E-state index contributed by atoms with van der Waals surface area (Å²) in [5.41, 5.74) is 1.75. The number of halogens is 1. The van der Waals surface area contributed by atoms with Gasteiger partial charge in [0.25, 0.3) is 11.8 Å². The molecule has 21 heavy (non-hydrogen) atoms. The van der Waals surface area contributed by atoms with Crippen molar-refractivity contribution < 1.29 is 14.3 Å². The number of carbonyl (C=O) groups is 2. The largest absolute Gasteiger partial charge is 0.482 e. The average molecular weight is 347 g/mol. The second kappa shape index (κ2) is 5.57.